The first kappa shape index (κ1) is 12.8. The van der Waals surface area contributed by atoms with Crippen LogP contribution in [0.2, 0.25) is 0 Å². The Bertz CT molecular complexity index is 494. The molecular formula is C13H18N4S. The van der Waals surface area contributed by atoms with E-state index in [4.69, 9.17) is 5.73 Å². The van der Waals surface area contributed by atoms with Crippen LogP contribution in [0.1, 0.15) is 30.5 Å². The number of hydrogen-bond donors (Lipinski definition) is 2. The molecule has 2 aromatic rings. The third-order valence-electron chi connectivity index (χ3n) is 2.54. The topological polar surface area (TPSA) is 63.8 Å². The number of nitrogen functional groups attached to an aromatic ring is 1. The van der Waals surface area contributed by atoms with Gasteiger partial charge in [0, 0.05) is 23.4 Å². The summed E-state index contributed by atoms with van der Waals surface area (Å²) in [6.07, 6.45) is 0.999. The van der Waals surface area contributed by atoms with Crippen molar-refractivity contribution >= 4 is 23.0 Å². The first-order valence-electron chi connectivity index (χ1n) is 6.06. The van der Waals surface area contributed by atoms with Crippen LogP contribution < -0.4 is 11.1 Å². The van der Waals surface area contributed by atoms with Crippen LogP contribution in [-0.2, 0) is 6.42 Å². The monoisotopic (exact) mass is 262 g/mol. The van der Waals surface area contributed by atoms with Gasteiger partial charge in [0.1, 0.15) is 17.5 Å². The first-order chi connectivity index (χ1) is 8.65. The number of rotatable bonds is 5. The second kappa shape index (κ2) is 5.82. The summed E-state index contributed by atoms with van der Waals surface area (Å²) in [5.74, 6) is 2.40. The summed E-state index contributed by atoms with van der Waals surface area (Å²) < 4.78 is 0. The third-order valence-corrected chi connectivity index (χ3v) is 3.47. The number of hydrogen-bond acceptors (Lipinski definition) is 5. The Hall–Kier alpha value is -1.62. The molecule has 3 N–H and O–H groups in total. The molecule has 0 amide bonds. The van der Waals surface area contributed by atoms with Crippen LogP contribution in [0, 0.1) is 0 Å². The molecule has 18 heavy (non-hydrogen) atoms. The van der Waals surface area contributed by atoms with E-state index in [9.17, 15) is 0 Å². The van der Waals surface area contributed by atoms with Crippen molar-refractivity contribution in [3.63, 3.8) is 0 Å². The molecule has 0 saturated heterocycles. The van der Waals surface area contributed by atoms with Gasteiger partial charge in [-0.1, -0.05) is 19.9 Å². The smallest absolute Gasteiger partial charge is 0.135 e. The molecule has 0 bridgehead atoms. The maximum atomic E-state index is 5.77. The molecule has 0 spiro atoms. The van der Waals surface area contributed by atoms with Crippen molar-refractivity contribution in [1.29, 1.82) is 0 Å². The predicted molar refractivity (Wildman–Crippen MR) is 77.0 cm³/mol. The van der Waals surface area contributed by atoms with Gasteiger partial charge in [-0.3, -0.25) is 0 Å². The van der Waals surface area contributed by atoms with Gasteiger partial charge in [-0.25, -0.2) is 9.97 Å². The van der Waals surface area contributed by atoms with Crippen molar-refractivity contribution in [1.82, 2.24) is 9.97 Å². The lowest BCUT2D eigenvalue weighted by atomic mass is 10.2. The van der Waals surface area contributed by atoms with Crippen molar-refractivity contribution in [3.05, 3.63) is 34.3 Å². The highest BCUT2D eigenvalue weighted by Crippen LogP contribution is 2.15. The summed E-state index contributed by atoms with van der Waals surface area (Å²) in [6, 6.07) is 5.99. The molecule has 0 aliphatic heterocycles. The number of aromatic nitrogens is 2. The van der Waals surface area contributed by atoms with E-state index in [1.807, 2.05) is 0 Å². The van der Waals surface area contributed by atoms with Crippen LogP contribution in [0.5, 0.6) is 0 Å². The van der Waals surface area contributed by atoms with Gasteiger partial charge >= 0.3 is 0 Å². The molecule has 0 fully saturated rings. The van der Waals surface area contributed by atoms with Crippen LogP contribution in [0.15, 0.2) is 23.6 Å². The van der Waals surface area contributed by atoms with Crippen molar-refractivity contribution in [2.24, 2.45) is 0 Å². The van der Waals surface area contributed by atoms with Gasteiger partial charge in [0.15, 0.2) is 0 Å². The van der Waals surface area contributed by atoms with Crippen molar-refractivity contribution in [3.8, 4) is 0 Å². The van der Waals surface area contributed by atoms with Crippen molar-refractivity contribution in [2.75, 3.05) is 17.6 Å². The third kappa shape index (κ3) is 3.43. The summed E-state index contributed by atoms with van der Waals surface area (Å²) in [6.45, 7) is 4.98. The molecule has 0 radical (unpaired) electrons. The fourth-order valence-electron chi connectivity index (χ4n) is 1.60. The van der Waals surface area contributed by atoms with Crippen LogP contribution in [0.4, 0.5) is 11.6 Å². The molecule has 2 heterocycles. The highest BCUT2D eigenvalue weighted by atomic mass is 32.1. The zero-order valence-electron chi connectivity index (χ0n) is 10.7. The molecule has 0 aliphatic carbocycles. The summed E-state index contributed by atoms with van der Waals surface area (Å²) in [5.41, 5.74) is 5.77. The van der Waals surface area contributed by atoms with Gasteiger partial charge < -0.3 is 11.1 Å². The van der Waals surface area contributed by atoms with Gasteiger partial charge in [0.05, 0.1) is 0 Å². The number of anilines is 2. The zero-order valence-corrected chi connectivity index (χ0v) is 11.5. The largest absolute Gasteiger partial charge is 0.384 e. The van der Waals surface area contributed by atoms with Gasteiger partial charge in [0.25, 0.3) is 0 Å². The molecule has 0 aliphatic rings. The highest BCUT2D eigenvalue weighted by molar-refractivity contribution is 7.09. The number of nitrogens with two attached hydrogens (primary N) is 1. The van der Waals surface area contributed by atoms with Crippen molar-refractivity contribution in [2.45, 2.75) is 26.2 Å². The summed E-state index contributed by atoms with van der Waals surface area (Å²) in [7, 11) is 0. The van der Waals surface area contributed by atoms with E-state index in [2.05, 4.69) is 46.6 Å². The molecule has 0 atom stereocenters. The Morgan fingerprint density at radius 2 is 2.22 bits per heavy atom. The minimum atomic E-state index is 0.284. The lowest BCUT2D eigenvalue weighted by Gasteiger charge is -2.09. The normalized spacial score (nSPS) is 10.8. The Kier molecular flexibility index (Phi) is 4.15. The van der Waals surface area contributed by atoms with Crippen LogP contribution >= 0.6 is 11.3 Å². The van der Waals surface area contributed by atoms with Gasteiger partial charge in [-0.05, 0) is 17.9 Å². The fourth-order valence-corrected chi connectivity index (χ4v) is 2.31. The van der Waals surface area contributed by atoms with Crippen LogP contribution in [-0.4, -0.2) is 16.5 Å². The maximum Gasteiger partial charge on any atom is 0.135 e. The number of nitrogens with one attached hydrogen (secondary N) is 1. The average molecular weight is 262 g/mol. The molecule has 2 rings (SSSR count). The SMILES string of the molecule is CC(C)c1nc(N)cc(NCCc2cccs2)n1. The Morgan fingerprint density at radius 3 is 2.89 bits per heavy atom. The van der Waals surface area contributed by atoms with E-state index in [0.29, 0.717) is 5.82 Å². The summed E-state index contributed by atoms with van der Waals surface area (Å²) >= 11 is 1.77. The lowest BCUT2D eigenvalue weighted by molar-refractivity contribution is 0.777. The van der Waals surface area contributed by atoms with E-state index in [0.717, 1.165) is 24.6 Å². The molecule has 0 unspecified atom stereocenters. The van der Waals surface area contributed by atoms with Crippen LogP contribution in [0.25, 0.3) is 0 Å². The van der Waals surface area contributed by atoms with Crippen molar-refractivity contribution < 1.29 is 0 Å². The second-order valence-electron chi connectivity index (χ2n) is 4.45. The molecule has 0 aromatic carbocycles. The predicted octanol–water partition coefficient (Wildman–Crippen LogP) is 2.90. The molecule has 2 aromatic heterocycles. The van der Waals surface area contributed by atoms with Gasteiger partial charge in [-0.2, -0.15) is 0 Å². The molecule has 4 nitrogen and oxygen atoms in total. The zero-order chi connectivity index (χ0) is 13.0. The number of thiophene rings is 1. The molecule has 0 saturated carbocycles. The molecule has 5 heteroatoms. The standard InChI is InChI=1S/C13H18N4S/c1-9(2)13-16-11(14)8-12(17-13)15-6-5-10-4-3-7-18-10/h3-4,7-9H,5-6H2,1-2H3,(H3,14,15,16,17). The van der Waals surface area contributed by atoms with E-state index >= 15 is 0 Å². The van der Waals surface area contributed by atoms with E-state index in [1.54, 1.807) is 17.4 Å². The molecular weight excluding hydrogens is 244 g/mol. The summed E-state index contributed by atoms with van der Waals surface area (Å²) in [5, 5.41) is 5.39. The average Bonchev–Trinajstić information content (AvgIpc) is 2.81. The van der Waals surface area contributed by atoms with Gasteiger partial charge in [0.2, 0.25) is 0 Å². The van der Waals surface area contributed by atoms with Gasteiger partial charge in [-0.15, -0.1) is 11.3 Å². The number of nitrogens with zero attached hydrogens (tertiary/aromatic N) is 2. The fraction of sp³-hybridized carbons (Fsp3) is 0.385. The summed E-state index contributed by atoms with van der Waals surface area (Å²) in [4.78, 5) is 10.0. The van der Waals surface area contributed by atoms with E-state index in [-0.39, 0.29) is 5.92 Å². The molecule has 96 valence electrons. The second-order valence-corrected chi connectivity index (χ2v) is 5.48. The quantitative estimate of drug-likeness (QED) is 0.869. The minimum Gasteiger partial charge on any atom is -0.384 e. The lowest BCUT2D eigenvalue weighted by Crippen LogP contribution is -2.09. The van der Waals surface area contributed by atoms with E-state index in [1.165, 1.54) is 4.88 Å². The minimum absolute atomic E-state index is 0.284. The first-order valence-corrected chi connectivity index (χ1v) is 6.94. The van der Waals surface area contributed by atoms with Crippen LogP contribution in [0.3, 0.4) is 0 Å². The van der Waals surface area contributed by atoms with E-state index < -0.39 is 0 Å². The Morgan fingerprint density at radius 1 is 1.39 bits per heavy atom. The highest BCUT2D eigenvalue weighted by Gasteiger charge is 2.06. The Balaban J connectivity index is 1.96. The Labute approximate surface area is 111 Å². The maximum absolute atomic E-state index is 5.77.